The van der Waals surface area contributed by atoms with Crippen molar-refractivity contribution >= 4 is 29.2 Å². The number of aromatic nitrogens is 2. The van der Waals surface area contributed by atoms with Crippen LogP contribution in [0.25, 0.3) is 0 Å². The largest absolute Gasteiger partial charge is 0.356 e. The molecule has 0 aromatic carbocycles. The first-order valence-electron chi connectivity index (χ1n) is 6.43. The molecule has 1 aromatic rings. The first-order valence-corrected chi connectivity index (χ1v) is 8.04. The van der Waals surface area contributed by atoms with Crippen molar-refractivity contribution in [3.05, 3.63) is 11.2 Å². The van der Waals surface area contributed by atoms with E-state index < -0.39 is 0 Å². The SMILES string of the molecule is CSc1nc(Cl)cc(N2CCC(C(C)C)CC2)n1. The van der Waals surface area contributed by atoms with Crippen molar-refractivity contribution in [1.82, 2.24) is 9.97 Å². The molecule has 2 rings (SSSR count). The van der Waals surface area contributed by atoms with Gasteiger partial charge in [-0.2, -0.15) is 0 Å². The van der Waals surface area contributed by atoms with Crippen LogP contribution in [0.1, 0.15) is 26.7 Å². The normalized spacial score (nSPS) is 17.5. The molecule has 1 saturated heterocycles. The highest BCUT2D eigenvalue weighted by atomic mass is 35.5. The third kappa shape index (κ3) is 3.29. The number of hydrogen-bond donors (Lipinski definition) is 0. The van der Waals surface area contributed by atoms with Crippen LogP contribution in [0.15, 0.2) is 11.2 Å². The van der Waals surface area contributed by atoms with Crippen LogP contribution in [0.4, 0.5) is 5.82 Å². The molecule has 0 amide bonds. The first-order chi connectivity index (χ1) is 8.60. The van der Waals surface area contributed by atoms with Crippen molar-refractivity contribution in [2.24, 2.45) is 11.8 Å². The van der Waals surface area contributed by atoms with E-state index in [0.29, 0.717) is 5.15 Å². The number of hydrogen-bond acceptors (Lipinski definition) is 4. The summed E-state index contributed by atoms with van der Waals surface area (Å²) in [5, 5.41) is 1.29. The van der Waals surface area contributed by atoms with Gasteiger partial charge in [-0.3, -0.25) is 0 Å². The Kier molecular flexibility index (Phi) is 4.73. The third-order valence-corrected chi connectivity index (χ3v) is 4.39. The topological polar surface area (TPSA) is 29.0 Å². The van der Waals surface area contributed by atoms with E-state index in [0.717, 1.165) is 35.9 Å². The van der Waals surface area contributed by atoms with E-state index in [1.54, 1.807) is 0 Å². The zero-order valence-corrected chi connectivity index (χ0v) is 12.8. The van der Waals surface area contributed by atoms with Gasteiger partial charge < -0.3 is 4.90 Å². The first kappa shape index (κ1) is 13.9. The number of thioether (sulfide) groups is 1. The molecule has 3 nitrogen and oxygen atoms in total. The van der Waals surface area contributed by atoms with Gasteiger partial charge in [0.1, 0.15) is 11.0 Å². The maximum atomic E-state index is 6.04. The van der Waals surface area contributed by atoms with Crippen LogP contribution in [0.2, 0.25) is 5.15 Å². The van der Waals surface area contributed by atoms with Gasteiger partial charge in [0, 0.05) is 19.2 Å². The molecule has 0 aliphatic carbocycles. The summed E-state index contributed by atoms with van der Waals surface area (Å²) in [6.07, 6.45) is 4.46. The Labute approximate surface area is 118 Å². The van der Waals surface area contributed by atoms with E-state index in [1.165, 1.54) is 24.6 Å². The second kappa shape index (κ2) is 6.11. The van der Waals surface area contributed by atoms with Crippen molar-refractivity contribution in [3.8, 4) is 0 Å². The lowest BCUT2D eigenvalue weighted by Gasteiger charge is -2.34. The standard InChI is InChI=1S/C13H20ClN3S/c1-9(2)10-4-6-17(7-5-10)12-8-11(14)15-13(16-12)18-3/h8-10H,4-7H2,1-3H3. The summed E-state index contributed by atoms with van der Waals surface area (Å²) in [6.45, 7) is 6.77. The van der Waals surface area contributed by atoms with Gasteiger partial charge in [0.15, 0.2) is 5.16 Å². The highest BCUT2D eigenvalue weighted by Crippen LogP contribution is 2.28. The smallest absolute Gasteiger partial charge is 0.190 e. The number of rotatable bonds is 3. The Morgan fingerprint density at radius 2 is 2.00 bits per heavy atom. The van der Waals surface area contributed by atoms with Crippen molar-refractivity contribution in [2.45, 2.75) is 31.8 Å². The lowest BCUT2D eigenvalue weighted by atomic mass is 9.87. The fraction of sp³-hybridized carbons (Fsp3) is 0.692. The molecule has 0 saturated carbocycles. The van der Waals surface area contributed by atoms with Gasteiger partial charge in [0.05, 0.1) is 0 Å². The summed E-state index contributed by atoms with van der Waals surface area (Å²) < 4.78 is 0. The van der Waals surface area contributed by atoms with Gasteiger partial charge in [0.2, 0.25) is 0 Å². The molecule has 0 radical (unpaired) electrons. The van der Waals surface area contributed by atoms with Gasteiger partial charge >= 0.3 is 0 Å². The quantitative estimate of drug-likeness (QED) is 0.481. The van der Waals surface area contributed by atoms with Crippen LogP contribution in [0.3, 0.4) is 0 Å². The lowest BCUT2D eigenvalue weighted by molar-refractivity contribution is 0.310. The summed E-state index contributed by atoms with van der Waals surface area (Å²) >= 11 is 7.57. The van der Waals surface area contributed by atoms with Crippen LogP contribution in [-0.2, 0) is 0 Å². The predicted molar refractivity (Wildman–Crippen MR) is 78.6 cm³/mol. The van der Waals surface area contributed by atoms with Gasteiger partial charge in [-0.15, -0.1) is 0 Å². The third-order valence-electron chi connectivity index (χ3n) is 3.65. The van der Waals surface area contributed by atoms with Crippen molar-refractivity contribution in [3.63, 3.8) is 0 Å². The van der Waals surface area contributed by atoms with Crippen molar-refractivity contribution < 1.29 is 0 Å². The summed E-state index contributed by atoms with van der Waals surface area (Å²) in [4.78, 5) is 11.0. The van der Waals surface area contributed by atoms with Crippen LogP contribution >= 0.6 is 23.4 Å². The molecule has 5 heteroatoms. The molecule has 0 spiro atoms. The van der Waals surface area contributed by atoms with Gasteiger partial charge in [-0.25, -0.2) is 9.97 Å². The van der Waals surface area contributed by atoms with Crippen LogP contribution in [-0.4, -0.2) is 29.3 Å². The average molecular weight is 286 g/mol. The number of halogens is 1. The van der Waals surface area contributed by atoms with E-state index >= 15 is 0 Å². The maximum Gasteiger partial charge on any atom is 0.190 e. The maximum absolute atomic E-state index is 6.04. The average Bonchev–Trinajstić information content (AvgIpc) is 2.38. The van der Waals surface area contributed by atoms with E-state index in [9.17, 15) is 0 Å². The summed E-state index contributed by atoms with van der Waals surface area (Å²) in [5.74, 6) is 2.60. The Morgan fingerprint density at radius 1 is 1.33 bits per heavy atom. The zero-order chi connectivity index (χ0) is 13.1. The van der Waals surface area contributed by atoms with Crippen molar-refractivity contribution in [2.75, 3.05) is 24.2 Å². The molecule has 18 heavy (non-hydrogen) atoms. The van der Waals surface area contributed by atoms with E-state index in [-0.39, 0.29) is 0 Å². The van der Waals surface area contributed by atoms with Crippen LogP contribution in [0.5, 0.6) is 0 Å². The molecule has 0 N–H and O–H groups in total. The van der Waals surface area contributed by atoms with Gasteiger partial charge in [-0.1, -0.05) is 37.2 Å². The van der Waals surface area contributed by atoms with E-state index in [4.69, 9.17) is 11.6 Å². The number of anilines is 1. The Balaban J connectivity index is 2.07. The van der Waals surface area contributed by atoms with E-state index in [1.807, 2.05) is 12.3 Å². The zero-order valence-electron chi connectivity index (χ0n) is 11.2. The molecule has 0 unspecified atom stereocenters. The molecule has 2 heterocycles. The molecule has 1 aliphatic heterocycles. The molecule has 1 fully saturated rings. The number of nitrogens with zero attached hydrogens (tertiary/aromatic N) is 3. The van der Waals surface area contributed by atoms with Crippen LogP contribution < -0.4 is 4.90 Å². The second-order valence-corrected chi connectivity index (χ2v) is 6.26. The highest BCUT2D eigenvalue weighted by molar-refractivity contribution is 7.98. The molecular weight excluding hydrogens is 266 g/mol. The minimum absolute atomic E-state index is 0.537. The Morgan fingerprint density at radius 3 is 2.56 bits per heavy atom. The second-order valence-electron chi connectivity index (χ2n) is 5.10. The van der Waals surface area contributed by atoms with Gasteiger partial charge in [0.25, 0.3) is 0 Å². The minimum atomic E-state index is 0.537. The lowest BCUT2D eigenvalue weighted by Crippen LogP contribution is -2.35. The summed E-state index contributed by atoms with van der Waals surface area (Å²) in [6, 6.07) is 1.87. The highest BCUT2D eigenvalue weighted by Gasteiger charge is 2.22. The number of piperidine rings is 1. The van der Waals surface area contributed by atoms with Crippen molar-refractivity contribution in [1.29, 1.82) is 0 Å². The predicted octanol–water partition coefficient (Wildman–Crippen LogP) is 3.72. The van der Waals surface area contributed by atoms with Crippen LogP contribution in [0, 0.1) is 11.8 Å². The summed E-state index contributed by atoms with van der Waals surface area (Å²) in [7, 11) is 0. The molecule has 100 valence electrons. The Bertz CT molecular complexity index is 403. The summed E-state index contributed by atoms with van der Waals surface area (Å²) in [5.41, 5.74) is 0. The molecule has 0 atom stereocenters. The molecule has 0 bridgehead atoms. The van der Waals surface area contributed by atoms with E-state index in [2.05, 4.69) is 28.7 Å². The fourth-order valence-corrected chi connectivity index (χ4v) is 3.04. The fourth-order valence-electron chi connectivity index (χ4n) is 2.43. The molecular formula is C13H20ClN3S. The molecule has 1 aliphatic rings. The Hall–Kier alpha value is -0.480. The minimum Gasteiger partial charge on any atom is -0.356 e. The molecule has 1 aromatic heterocycles. The van der Waals surface area contributed by atoms with Gasteiger partial charge in [-0.05, 0) is 30.9 Å². The monoisotopic (exact) mass is 285 g/mol.